The Kier molecular flexibility index (Phi) is 7.69. The minimum atomic E-state index is -0.451. The van der Waals surface area contributed by atoms with Gasteiger partial charge in [-0.05, 0) is 40.5 Å². The number of thiazole rings is 1. The summed E-state index contributed by atoms with van der Waals surface area (Å²) < 4.78 is 5.66. The fourth-order valence-corrected chi connectivity index (χ4v) is 3.98. The highest BCUT2D eigenvalue weighted by molar-refractivity contribution is 7.11. The van der Waals surface area contributed by atoms with Crippen molar-refractivity contribution >= 4 is 17.4 Å². The van der Waals surface area contributed by atoms with Crippen molar-refractivity contribution in [2.24, 2.45) is 0 Å². The Balaban J connectivity index is 1.89. The number of rotatable bonds is 6. The van der Waals surface area contributed by atoms with Gasteiger partial charge in [-0.2, -0.15) is 0 Å². The molecule has 1 amide bonds. The molecule has 1 aliphatic carbocycles. The van der Waals surface area contributed by atoms with E-state index >= 15 is 0 Å². The Morgan fingerprint density at radius 2 is 2.00 bits per heavy atom. The van der Waals surface area contributed by atoms with Crippen molar-refractivity contribution in [3.63, 3.8) is 0 Å². The standard InChI is InChI=1S/C19H33N3O2S/c1-15-21-14-17(25-15)13-20-11-12-22(18(23)24-19(2,3)4)16-9-7-5-6-8-10-16/h14,16,20H,5-13H2,1-4H3. The van der Waals surface area contributed by atoms with Crippen LogP contribution < -0.4 is 5.32 Å². The zero-order chi connectivity index (χ0) is 18.3. The van der Waals surface area contributed by atoms with Gasteiger partial charge in [0.25, 0.3) is 0 Å². The Morgan fingerprint density at radius 1 is 1.32 bits per heavy atom. The summed E-state index contributed by atoms with van der Waals surface area (Å²) in [7, 11) is 0. The molecule has 0 aliphatic heterocycles. The van der Waals surface area contributed by atoms with E-state index in [0.29, 0.717) is 12.6 Å². The van der Waals surface area contributed by atoms with Crippen LogP contribution in [0, 0.1) is 6.92 Å². The van der Waals surface area contributed by atoms with Gasteiger partial charge < -0.3 is 15.0 Å². The second kappa shape index (κ2) is 9.53. The highest BCUT2D eigenvalue weighted by Gasteiger charge is 2.28. The summed E-state index contributed by atoms with van der Waals surface area (Å²) in [5.41, 5.74) is -0.451. The van der Waals surface area contributed by atoms with Crippen molar-refractivity contribution in [2.45, 2.75) is 84.4 Å². The highest BCUT2D eigenvalue weighted by Crippen LogP contribution is 2.23. The van der Waals surface area contributed by atoms with E-state index in [0.717, 1.165) is 30.9 Å². The molecule has 1 aromatic heterocycles. The molecule has 25 heavy (non-hydrogen) atoms. The summed E-state index contributed by atoms with van der Waals surface area (Å²) in [5.74, 6) is 0. The van der Waals surface area contributed by atoms with Crippen LogP contribution in [0.2, 0.25) is 0 Å². The molecule has 0 radical (unpaired) electrons. The molecule has 0 saturated heterocycles. The van der Waals surface area contributed by atoms with Crippen LogP contribution in [0.1, 0.15) is 69.2 Å². The first-order valence-electron chi connectivity index (χ1n) is 9.47. The third kappa shape index (κ3) is 7.32. The molecule has 1 aliphatic rings. The van der Waals surface area contributed by atoms with Crippen LogP contribution in [-0.4, -0.2) is 40.7 Å². The lowest BCUT2D eigenvalue weighted by atomic mass is 10.1. The van der Waals surface area contributed by atoms with Gasteiger partial charge >= 0.3 is 6.09 Å². The van der Waals surface area contributed by atoms with Crippen LogP contribution in [0.5, 0.6) is 0 Å². The number of aryl methyl sites for hydroxylation is 1. The third-order valence-corrected chi connectivity index (χ3v) is 5.30. The van der Waals surface area contributed by atoms with E-state index in [1.54, 1.807) is 11.3 Å². The lowest BCUT2D eigenvalue weighted by molar-refractivity contribution is 0.0147. The van der Waals surface area contributed by atoms with Gasteiger partial charge in [0.2, 0.25) is 0 Å². The molecule has 1 fully saturated rings. The average Bonchev–Trinajstić information content (AvgIpc) is 2.76. The largest absolute Gasteiger partial charge is 0.444 e. The summed E-state index contributed by atoms with van der Waals surface area (Å²) >= 11 is 1.71. The first-order chi connectivity index (χ1) is 11.8. The van der Waals surface area contributed by atoms with Gasteiger partial charge in [-0.3, -0.25) is 0 Å². The first-order valence-corrected chi connectivity index (χ1v) is 10.3. The lowest BCUT2D eigenvalue weighted by Gasteiger charge is -2.33. The van der Waals surface area contributed by atoms with Crippen molar-refractivity contribution in [3.05, 3.63) is 16.1 Å². The maximum Gasteiger partial charge on any atom is 0.410 e. The number of carbonyl (C=O) groups is 1. The zero-order valence-electron chi connectivity index (χ0n) is 16.1. The summed E-state index contributed by atoms with van der Waals surface area (Å²) in [6, 6.07) is 0.310. The predicted molar refractivity (Wildman–Crippen MR) is 103 cm³/mol. The van der Waals surface area contributed by atoms with Gasteiger partial charge in [0.1, 0.15) is 5.60 Å². The molecule has 1 saturated carbocycles. The van der Waals surface area contributed by atoms with Crippen LogP contribution in [0.3, 0.4) is 0 Å². The Bertz CT molecular complexity index is 531. The molecule has 0 unspecified atom stereocenters. The third-order valence-electron chi connectivity index (χ3n) is 4.39. The lowest BCUT2D eigenvalue weighted by Crippen LogP contribution is -2.46. The van der Waals surface area contributed by atoms with Gasteiger partial charge in [-0.1, -0.05) is 25.7 Å². The molecule has 0 spiro atoms. The first kappa shape index (κ1) is 20.2. The van der Waals surface area contributed by atoms with Crippen LogP contribution in [0.4, 0.5) is 4.79 Å². The van der Waals surface area contributed by atoms with E-state index < -0.39 is 5.60 Å². The van der Waals surface area contributed by atoms with Gasteiger partial charge in [0.15, 0.2) is 0 Å². The molecule has 0 aromatic carbocycles. The fourth-order valence-electron chi connectivity index (χ4n) is 3.21. The minimum absolute atomic E-state index is 0.171. The van der Waals surface area contributed by atoms with Gasteiger partial charge in [-0.15, -0.1) is 11.3 Å². The molecule has 1 heterocycles. The van der Waals surface area contributed by atoms with Gasteiger partial charge in [0, 0.05) is 36.8 Å². The number of hydrogen-bond donors (Lipinski definition) is 1. The predicted octanol–water partition coefficient (Wildman–Crippen LogP) is 4.50. The van der Waals surface area contributed by atoms with Crippen LogP contribution in [-0.2, 0) is 11.3 Å². The average molecular weight is 368 g/mol. The van der Waals surface area contributed by atoms with Crippen LogP contribution >= 0.6 is 11.3 Å². The van der Waals surface area contributed by atoms with E-state index in [1.807, 2.05) is 38.8 Å². The number of hydrogen-bond acceptors (Lipinski definition) is 5. The molecule has 6 heteroatoms. The second-order valence-electron chi connectivity index (χ2n) is 7.84. The Hall–Kier alpha value is -1.14. The molecule has 5 nitrogen and oxygen atoms in total. The molecule has 142 valence electrons. The van der Waals surface area contributed by atoms with Crippen LogP contribution in [0.15, 0.2) is 6.20 Å². The van der Waals surface area contributed by atoms with E-state index in [2.05, 4.69) is 10.3 Å². The summed E-state index contributed by atoms with van der Waals surface area (Å²) in [4.78, 5) is 20.2. The van der Waals surface area contributed by atoms with Crippen molar-refractivity contribution < 1.29 is 9.53 Å². The molecule has 1 N–H and O–H groups in total. The van der Waals surface area contributed by atoms with Gasteiger partial charge in [-0.25, -0.2) is 9.78 Å². The molecule has 2 rings (SSSR count). The smallest absolute Gasteiger partial charge is 0.410 e. The summed E-state index contributed by atoms with van der Waals surface area (Å²) in [6.07, 6.45) is 8.90. The van der Waals surface area contributed by atoms with Crippen molar-refractivity contribution in [1.29, 1.82) is 0 Å². The SMILES string of the molecule is Cc1ncc(CNCCN(C(=O)OC(C)(C)C)C2CCCCCC2)s1. The summed E-state index contributed by atoms with van der Waals surface area (Å²) in [6.45, 7) is 10.1. The number of aromatic nitrogens is 1. The van der Waals surface area contributed by atoms with E-state index in [9.17, 15) is 4.79 Å². The Morgan fingerprint density at radius 3 is 2.56 bits per heavy atom. The van der Waals surface area contributed by atoms with Crippen molar-refractivity contribution in [2.75, 3.05) is 13.1 Å². The fraction of sp³-hybridized carbons (Fsp3) is 0.789. The minimum Gasteiger partial charge on any atom is -0.444 e. The topological polar surface area (TPSA) is 54.5 Å². The number of nitrogens with zero attached hydrogens (tertiary/aromatic N) is 2. The second-order valence-corrected chi connectivity index (χ2v) is 9.16. The normalized spacial score (nSPS) is 16.5. The van der Waals surface area contributed by atoms with E-state index in [4.69, 9.17) is 4.74 Å². The number of nitrogens with one attached hydrogen (secondary N) is 1. The Labute approximate surface area is 156 Å². The maximum atomic E-state index is 12.7. The van der Waals surface area contributed by atoms with E-state index in [-0.39, 0.29) is 6.09 Å². The van der Waals surface area contributed by atoms with Crippen molar-refractivity contribution in [1.82, 2.24) is 15.2 Å². The quantitative estimate of drug-likeness (QED) is 0.594. The number of amides is 1. The van der Waals surface area contributed by atoms with Crippen molar-refractivity contribution in [3.8, 4) is 0 Å². The monoisotopic (exact) mass is 367 g/mol. The van der Waals surface area contributed by atoms with Crippen LogP contribution in [0.25, 0.3) is 0 Å². The van der Waals surface area contributed by atoms with E-state index in [1.165, 1.54) is 30.6 Å². The molecule has 0 atom stereocenters. The molecular weight excluding hydrogens is 334 g/mol. The summed E-state index contributed by atoms with van der Waals surface area (Å²) in [5, 5.41) is 4.53. The number of ether oxygens (including phenoxy) is 1. The zero-order valence-corrected chi connectivity index (χ0v) is 17.0. The molecule has 0 bridgehead atoms. The molecule has 1 aromatic rings. The highest BCUT2D eigenvalue weighted by atomic mass is 32.1. The molecular formula is C19H33N3O2S. The maximum absolute atomic E-state index is 12.7. The number of carbonyl (C=O) groups excluding carboxylic acids is 1. The van der Waals surface area contributed by atoms with Gasteiger partial charge in [0.05, 0.1) is 5.01 Å².